The second-order valence-corrected chi connectivity index (χ2v) is 4.03. The van der Waals surface area contributed by atoms with Crippen LogP contribution in [0.15, 0.2) is 18.2 Å². The maximum Gasteiger partial charge on any atom is 0.251 e. The van der Waals surface area contributed by atoms with Crippen LogP contribution in [0, 0.1) is 6.92 Å². The quantitative estimate of drug-likeness (QED) is 0.790. The minimum absolute atomic E-state index is 0.0361. The average molecular weight is 204 g/mol. The first kappa shape index (κ1) is 10.0. The van der Waals surface area contributed by atoms with Crippen LogP contribution < -0.4 is 10.6 Å². The van der Waals surface area contributed by atoms with E-state index in [1.54, 1.807) is 0 Å². The maximum absolute atomic E-state index is 11.7. The van der Waals surface area contributed by atoms with Crippen molar-refractivity contribution in [2.24, 2.45) is 0 Å². The number of hydrogen-bond acceptors (Lipinski definition) is 2. The van der Waals surface area contributed by atoms with E-state index in [9.17, 15) is 4.79 Å². The van der Waals surface area contributed by atoms with Gasteiger partial charge in [0.15, 0.2) is 0 Å². The van der Waals surface area contributed by atoms with E-state index in [2.05, 4.69) is 10.6 Å². The summed E-state index contributed by atoms with van der Waals surface area (Å²) >= 11 is 0. The summed E-state index contributed by atoms with van der Waals surface area (Å²) in [5, 5.41) is 6.05. The lowest BCUT2D eigenvalue weighted by atomic mass is 10.1. The van der Waals surface area contributed by atoms with Crippen LogP contribution in [0.1, 0.15) is 28.8 Å². The zero-order chi connectivity index (χ0) is 10.8. The molecule has 0 unspecified atom stereocenters. The highest BCUT2D eigenvalue weighted by Gasteiger charge is 2.23. The third-order valence-corrected chi connectivity index (χ3v) is 2.68. The number of hydrogen-bond donors (Lipinski definition) is 2. The Kier molecular flexibility index (Phi) is 2.62. The van der Waals surface area contributed by atoms with E-state index >= 15 is 0 Å². The number of nitrogens with one attached hydrogen (secondary N) is 2. The van der Waals surface area contributed by atoms with E-state index in [1.807, 2.05) is 32.2 Å². The van der Waals surface area contributed by atoms with Gasteiger partial charge in [0.2, 0.25) is 0 Å². The highest BCUT2D eigenvalue weighted by Crippen LogP contribution is 2.21. The van der Waals surface area contributed by atoms with E-state index in [4.69, 9.17) is 0 Å². The molecule has 0 aromatic heterocycles. The van der Waals surface area contributed by atoms with Crippen molar-refractivity contribution >= 4 is 11.6 Å². The molecule has 2 rings (SSSR count). The summed E-state index contributed by atoms with van der Waals surface area (Å²) in [6.07, 6.45) is 2.24. The zero-order valence-electron chi connectivity index (χ0n) is 9.13. The molecule has 80 valence electrons. The third-order valence-electron chi connectivity index (χ3n) is 2.68. The van der Waals surface area contributed by atoms with Crippen LogP contribution in [0.4, 0.5) is 5.69 Å². The molecule has 1 aromatic carbocycles. The van der Waals surface area contributed by atoms with Crippen LogP contribution in [-0.2, 0) is 0 Å². The largest absolute Gasteiger partial charge is 0.388 e. The van der Waals surface area contributed by atoms with Crippen LogP contribution >= 0.6 is 0 Å². The molecule has 0 atom stereocenters. The van der Waals surface area contributed by atoms with E-state index < -0.39 is 0 Å². The summed E-state index contributed by atoms with van der Waals surface area (Å²) in [5.74, 6) is 0.0361. The van der Waals surface area contributed by atoms with E-state index in [1.165, 1.54) is 0 Å². The number of benzene rings is 1. The SMILES string of the molecule is CNc1cc(C(=O)NC2CC2)ccc1C. The predicted molar refractivity (Wildman–Crippen MR) is 61.2 cm³/mol. The summed E-state index contributed by atoms with van der Waals surface area (Å²) < 4.78 is 0. The molecule has 1 aromatic rings. The van der Waals surface area contributed by atoms with Gasteiger partial charge in [0.1, 0.15) is 0 Å². The van der Waals surface area contributed by atoms with Crippen LogP contribution in [0.5, 0.6) is 0 Å². The van der Waals surface area contributed by atoms with Crippen LogP contribution in [0.25, 0.3) is 0 Å². The lowest BCUT2D eigenvalue weighted by Gasteiger charge is -2.08. The molecule has 1 amide bonds. The summed E-state index contributed by atoms with van der Waals surface area (Å²) in [6.45, 7) is 2.02. The molecule has 0 heterocycles. The fourth-order valence-electron chi connectivity index (χ4n) is 1.53. The van der Waals surface area contributed by atoms with Crippen LogP contribution in [0.2, 0.25) is 0 Å². The van der Waals surface area contributed by atoms with Gasteiger partial charge >= 0.3 is 0 Å². The van der Waals surface area contributed by atoms with Gasteiger partial charge in [-0.2, -0.15) is 0 Å². The number of amides is 1. The van der Waals surface area contributed by atoms with Crippen molar-refractivity contribution in [3.63, 3.8) is 0 Å². The average Bonchev–Trinajstić information content (AvgIpc) is 3.02. The number of carbonyl (C=O) groups excluding carboxylic acids is 1. The molecule has 3 heteroatoms. The van der Waals surface area contributed by atoms with Crippen molar-refractivity contribution in [1.29, 1.82) is 0 Å². The Balaban J connectivity index is 2.16. The Morgan fingerprint density at radius 1 is 1.40 bits per heavy atom. The lowest BCUT2D eigenvalue weighted by molar-refractivity contribution is 0.0951. The molecular formula is C12H16N2O. The van der Waals surface area contributed by atoms with Gasteiger partial charge in [0.05, 0.1) is 0 Å². The molecule has 0 bridgehead atoms. The Labute approximate surface area is 89.9 Å². The van der Waals surface area contributed by atoms with Crippen LogP contribution in [0.3, 0.4) is 0 Å². The van der Waals surface area contributed by atoms with E-state index in [0.717, 1.165) is 29.7 Å². The van der Waals surface area contributed by atoms with Crippen molar-refractivity contribution in [1.82, 2.24) is 5.32 Å². The van der Waals surface area contributed by atoms with Gasteiger partial charge in [-0.1, -0.05) is 6.07 Å². The van der Waals surface area contributed by atoms with Gasteiger partial charge in [-0.15, -0.1) is 0 Å². The van der Waals surface area contributed by atoms with Gasteiger partial charge in [-0.25, -0.2) is 0 Å². The maximum atomic E-state index is 11.7. The monoisotopic (exact) mass is 204 g/mol. The lowest BCUT2D eigenvalue weighted by Crippen LogP contribution is -2.25. The molecule has 0 saturated heterocycles. The molecule has 1 aliphatic carbocycles. The summed E-state index contributed by atoms with van der Waals surface area (Å²) in [4.78, 5) is 11.7. The molecule has 15 heavy (non-hydrogen) atoms. The number of rotatable bonds is 3. The van der Waals surface area contributed by atoms with E-state index in [0.29, 0.717) is 6.04 Å². The second-order valence-electron chi connectivity index (χ2n) is 4.03. The van der Waals surface area contributed by atoms with Gasteiger partial charge in [-0.05, 0) is 37.5 Å². The van der Waals surface area contributed by atoms with Crippen molar-refractivity contribution in [2.45, 2.75) is 25.8 Å². The first-order chi connectivity index (χ1) is 7.20. The van der Waals surface area contributed by atoms with Gasteiger partial charge in [-0.3, -0.25) is 4.79 Å². The molecule has 2 N–H and O–H groups in total. The topological polar surface area (TPSA) is 41.1 Å². The standard InChI is InChI=1S/C12H16N2O/c1-8-3-4-9(7-11(8)13-2)12(15)14-10-5-6-10/h3-4,7,10,13H,5-6H2,1-2H3,(H,14,15). The molecule has 3 nitrogen and oxygen atoms in total. The minimum Gasteiger partial charge on any atom is -0.388 e. The Morgan fingerprint density at radius 3 is 2.73 bits per heavy atom. The fraction of sp³-hybridized carbons (Fsp3) is 0.417. The second kappa shape index (κ2) is 3.93. The molecular weight excluding hydrogens is 188 g/mol. The minimum atomic E-state index is 0.0361. The smallest absolute Gasteiger partial charge is 0.251 e. The fourth-order valence-corrected chi connectivity index (χ4v) is 1.53. The van der Waals surface area contributed by atoms with Crippen molar-refractivity contribution < 1.29 is 4.79 Å². The number of aryl methyl sites for hydroxylation is 1. The Bertz CT molecular complexity index is 383. The Hall–Kier alpha value is -1.51. The number of anilines is 1. The highest BCUT2D eigenvalue weighted by atomic mass is 16.1. The Morgan fingerprint density at radius 2 is 2.13 bits per heavy atom. The molecule has 0 radical (unpaired) electrons. The molecule has 0 aliphatic heterocycles. The normalized spacial score (nSPS) is 14.8. The first-order valence-corrected chi connectivity index (χ1v) is 5.30. The summed E-state index contributed by atoms with van der Waals surface area (Å²) in [6, 6.07) is 6.14. The van der Waals surface area contributed by atoms with Crippen molar-refractivity contribution in [3.05, 3.63) is 29.3 Å². The zero-order valence-corrected chi connectivity index (χ0v) is 9.13. The van der Waals surface area contributed by atoms with Crippen molar-refractivity contribution in [3.8, 4) is 0 Å². The van der Waals surface area contributed by atoms with Crippen molar-refractivity contribution in [2.75, 3.05) is 12.4 Å². The third kappa shape index (κ3) is 2.29. The van der Waals surface area contributed by atoms with Gasteiger partial charge in [0, 0.05) is 24.3 Å². The van der Waals surface area contributed by atoms with Crippen LogP contribution in [-0.4, -0.2) is 19.0 Å². The summed E-state index contributed by atoms with van der Waals surface area (Å²) in [5.41, 5.74) is 2.90. The molecule has 0 spiro atoms. The first-order valence-electron chi connectivity index (χ1n) is 5.30. The predicted octanol–water partition coefficient (Wildman–Crippen LogP) is 1.93. The molecule has 1 aliphatic rings. The number of carbonyl (C=O) groups is 1. The van der Waals surface area contributed by atoms with Gasteiger partial charge < -0.3 is 10.6 Å². The van der Waals surface area contributed by atoms with E-state index in [-0.39, 0.29) is 5.91 Å². The molecule has 1 fully saturated rings. The highest BCUT2D eigenvalue weighted by molar-refractivity contribution is 5.95. The summed E-state index contributed by atoms with van der Waals surface area (Å²) in [7, 11) is 1.87. The molecule has 1 saturated carbocycles. The van der Waals surface area contributed by atoms with Gasteiger partial charge in [0.25, 0.3) is 5.91 Å².